The molecule has 1 N–H and O–H groups in total. The van der Waals surface area contributed by atoms with Gasteiger partial charge in [-0.1, -0.05) is 18.6 Å². The number of rotatable bonds is 6. The molecule has 1 fully saturated rings. The number of carbonyl (C=O) groups is 1. The number of fused-ring (bicyclic) bond motifs is 1. The summed E-state index contributed by atoms with van der Waals surface area (Å²) in [5.74, 6) is 0.178. The molecule has 0 atom stereocenters. The van der Waals surface area contributed by atoms with Crippen molar-refractivity contribution in [1.82, 2.24) is 25.1 Å². The molecule has 2 aromatic heterocycles. The first-order valence-corrected chi connectivity index (χ1v) is 11.8. The molecule has 0 unspecified atom stereocenters. The van der Waals surface area contributed by atoms with Crippen LogP contribution in [0.2, 0.25) is 0 Å². The van der Waals surface area contributed by atoms with Gasteiger partial charge in [0.25, 0.3) is 5.91 Å². The van der Waals surface area contributed by atoms with Crippen molar-refractivity contribution in [3.8, 4) is 5.69 Å². The second-order valence-electron chi connectivity index (χ2n) is 8.48. The van der Waals surface area contributed by atoms with Crippen LogP contribution in [-0.4, -0.2) is 52.0 Å². The third kappa shape index (κ3) is 5.00. The maximum Gasteiger partial charge on any atom is 0.251 e. The highest BCUT2D eigenvalue weighted by molar-refractivity contribution is 6.20. The lowest BCUT2D eigenvalue weighted by Crippen LogP contribution is -2.37. The molecule has 35 heavy (non-hydrogen) atoms. The van der Waals surface area contributed by atoms with Gasteiger partial charge in [0.05, 0.1) is 30.8 Å². The van der Waals surface area contributed by atoms with Crippen LogP contribution in [0.4, 0.5) is 10.3 Å². The second-order valence-corrected chi connectivity index (χ2v) is 8.48. The van der Waals surface area contributed by atoms with Gasteiger partial charge in [0.2, 0.25) is 5.95 Å². The summed E-state index contributed by atoms with van der Waals surface area (Å²) in [5.41, 5.74) is 4.86. The molecule has 1 aliphatic heterocycles. The molecule has 0 spiro atoms. The van der Waals surface area contributed by atoms with Gasteiger partial charge >= 0.3 is 0 Å². The number of carbonyl (C=O) groups excluding carboxylic acids is 1. The quantitative estimate of drug-likeness (QED) is 0.588. The molecule has 1 amide bonds. The fourth-order valence-electron chi connectivity index (χ4n) is 4.19. The van der Waals surface area contributed by atoms with E-state index in [2.05, 4.69) is 38.3 Å². The maximum absolute atomic E-state index is 13.4. The Morgan fingerprint density at radius 2 is 1.86 bits per heavy atom. The molecule has 5 rings (SSSR count). The van der Waals surface area contributed by atoms with Gasteiger partial charge in [-0.2, -0.15) is 5.10 Å². The Bertz CT molecular complexity index is 1260. The summed E-state index contributed by atoms with van der Waals surface area (Å²) in [5, 5.41) is 7.50. The summed E-state index contributed by atoms with van der Waals surface area (Å²) >= 11 is 0. The van der Waals surface area contributed by atoms with Gasteiger partial charge in [-0.05, 0) is 43.2 Å². The van der Waals surface area contributed by atoms with Crippen LogP contribution in [-0.2, 0) is 16.1 Å². The average molecular weight is 475 g/mol. The van der Waals surface area contributed by atoms with Crippen molar-refractivity contribution in [3.05, 3.63) is 77.1 Å². The molecule has 1 aromatic carbocycles. The van der Waals surface area contributed by atoms with Crippen molar-refractivity contribution < 1.29 is 13.9 Å². The summed E-state index contributed by atoms with van der Waals surface area (Å²) in [6.45, 7) is 5.28. The lowest BCUT2D eigenvalue weighted by atomic mass is 10.1. The summed E-state index contributed by atoms with van der Waals surface area (Å²) in [7, 11) is 0. The van der Waals surface area contributed by atoms with Crippen LogP contribution in [0.3, 0.4) is 0 Å². The fourth-order valence-corrected chi connectivity index (χ4v) is 4.19. The number of benzene rings is 1. The van der Waals surface area contributed by atoms with Crippen LogP contribution in [0, 0.1) is 5.82 Å². The van der Waals surface area contributed by atoms with Gasteiger partial charge in [-0.15, -0.1) is 0 Å². The van der Waals surface area contributed by atoms with Crippen LogP contribution < -0.4 is 10.2 Å². The highest BCUT2D eigenvalue weighted by Crippen LogP contribution is 2.30. The number of hydrogen-bond donors (Lipinski definition) is 1. The van der Waals surface area contributed by atoms with Gasteiger partial charge in [0, 0.05) is 48.7 Å². The molecule has 9 heteroatoms. The van der Waals surface area contributed by atoms with Crippen molar-refractivity contribution >= 4 is 23.5 Å². The summed E-state index contributed by atoms with van der Waals surface area (Å²) in [6, 6.07) is 6.16. The Kier molecular flexibility index (Phi) is 6.67. The van der Waals surface area contributed by atoms with E-state index in [0.29, 0.717) is 37.7 Å². The number of morpholine rings is 1. The number of ether oxygens (including phenoxy) is 1. The first kappa shape index (κ1) is 22.9. The summed E-state index contributed by atoms with van der Waals surface area (Å²) in [6.07, 6.45) is 10.7. The summed E-state index contributed by atoms with van der Waals surface area (Å²) < 4.78 is 20.6. The predicted molar refractivity (Wildman–Crippen MR) is 131 cm³/mol. The normalized spacial score (nSPS) is 15.7. The molecule has 8 nitrogen and oxygen atoms in total. The van der Waals surface area contributed by atoms with E-state index < -0.39 is 0 Å². The van der Waals surface area contributed by atoms with E-state index >= 15 is 0 Å². The highest BCUT2D eigenvalue weighted by Gasteiger charge is 2.22. The van der Waals surface area contributed by atoms with E-state index in [9.17, 15) is 9.18 Å². The molecular formula is C26H27FN6O2. The van der Waals surface area contributed by atoms with Crippen LogP contribution in [0.1, 0.15) is 36.6 Å². The van der Waals surface area contributed by atoms with E-state index in [-0.39, 0.29) is 11.7 Å². The number of hydrogen-bond acceptors (Lipinski definition) is 6. The van der Waals surface area contributed by atoms with Crippen LogP contribution in [0.25, 0.3) is 17.3 Å². The Balaban J connectivity index is 1.33. The SMILES string of the molecule is CCC1=Cc2c(cnn2-c2ccc(F)cc2)C(C(=O)NCc2cnc(N3CCOCC3)nc2)=CC1. The average Bonchev–Trinajstić information content (AvgIpc) is 3.21. The molecule has 0 bridgehead atoms. The molecule has 3 aromatic rings. The lowest BCUT2D eigenvalue weighted by Gasteiger charge is -2.26. The number of nitrogens with one attached hydrogen (secondary N) is 1. The minimum Gasteiger partial charge on any atom is -0.378 e. The van der Waals surface area contributed by atoms with E-state index in [1.165, 1.54) is 17.7 Å². The maximum atomic E-state index is 13.4. The van der Waals surface area contributed by atoms with Gasteiger partial charge in [0.15, 0.2) is 0 Å². The number of halogens is 1. The van der Waals surface area contributed by atoms with Crippen molar-refractivity contribution in [2.24, 2.45) is 0 Å². The zero-order valence-electron chi connectivity index (χ0n) is 19.6. The molecule has 1 aliphatic carbocycles. The van der Waals surface area contributed by atoms with Crippen molar-refractivity contribution in [2.75, 3.05) is 31.2 Å². The van der Waals surface area contributed by atoms with Gasteiger partial charge in [-0.25, -0.2) is 19.0 Å². The second kappa shape index (κ2) is 10.2. The third-order valence-corrected chi connectivity index (χ3v) is 6.21. The Hall–Kier alpha value is -3.85. The number of nitrogens with zero attached hydrogens (tertiary/aromatic N) is 5. The number of aromatic nitrogens is 4. The molecule has 0 radical (unpaired) electrons. The van der Waals surface area contributed by atoms with Crippen molar-refractivity contribution in [2.45, 2.75) is 26.3 Å². The van der Waals surface area contributed by atoms with Gasteiger partial charge < -0.3 is 15.0 Å². The minimum absolute atomic E-state index is 0.187. The van der Waals surface area contributed by atoms with Crippen LogP contribution in [0.15, 0.2) is 54.5 Å². The molecule has 0 saturated carbocycles. The van der Waals surface area contributed by atoms with Crippen molar-refractivity contribution in [3.63, 3.8) is 0 Å². The summed E-state index contributed by atoms with van der Waals surface area (Å²) in [4.78, 5) is 24.2. The molecule has 3 heterocycles. The standard InChI is InChI=1S/C26H27FN6O2/c1-2-18-3-8-22(23-17-31-33(24(23)13-18)21-6-4-20(27)5-7-21)25(34)28-14-19-15-29-26(30-16-19)32-9-11-35-12-10-32/h4-8,13,15-17H,2-3,9-12,14H2,1H3,(H,28,34). The fraction of sp³-hybridized carbons (Fsp3) is 0.308. The zero-order chi connectivity index (χ0) is 24.2. The molecular weight excluding hydrogens is 447 g/mol. The van der Waals surface area contributed by atoms with Gasteiger partial charge in [0.1, 0.15) is 5.82 Å². The highest BCUT2D eigenvalue weighted by atomic mass is 19.1. The molecule has 2 aliphatic rings. The lowest BCUT2D eigenvalue weighted by molar-refractivity contribution is -0.115. The number of allylic oxidation sites excluding steroid dienone is 2. The largest absolute Gasteiger partial charge is 0.378 e. The van der Waals surface area contributed by atoms with Crippen molar-refractivity contribution in [1.29, 1.82) is 0 Å². The smallest absolute Gasteiger partial charge is 0.251 e. The van der Waals surface area contributed by atoms with Crippen LogP contribution in [0.5, 0.6) is 0 Å². The Morgan fingerprint density at radius 3 is 2.57 bits per heavy atom. The third-order valence-electron chi connectivity index (χ3n) is 6.21. The monoisotopic (exact) mass is 474 g/mol. The predicted octanol–water partition coefficient (Wildman–Crippen LogP) is 3.53. The van der Waals surface area contributed by atoms with Crippen LogP contribution >= 0.6 is 0 Å². The Labute approximate surface area is 203 Å². The first-order valence-electron chi connectivity index (χ1n) is 11.8. The van der Waals surface area contributed by atoms with Gasteiger partial charge in [-0.3, -0.25) is 4.79 Å². The molecule has 1 saturated heterocycles. The van der Waals surface area contributed by atoms with E-state index in [0.717, 1.165) is 42.0 Å². The minimum atomic E-state index is -0.307. The number of anilines is 1. The topological polar surface area (TPSA) is 85.2 Å². The Morgan fingerprint density at radius 1 is 1.11 bits per heavy atom. The van der Waals surface area contributed by atoms with E-state index in [4.69, 9.17) is 4.74 Å². The first-order chi connectivity index (χ1) is 17.1. The number of amides is 1. The zero-order valence-corrected chi connectivity index (χ0v) is 19.6. The van der Waals surface area contributed by atoms with E-state index in [1.54, 1.807) is 35.4 Å². The van der Waals surface area contributed by atoms with E-state index in [1.807, 2.05) is 6.08 Å². The molecule has 180 valence electrons.